The summed E-state index contributed by atoms with van der Waals surface area (Å²) in [6.07, 6.45) is 1.47. The number of ether oxygens (including phenoxy) is 3. The molecule has 112 valence electrons. The van der Waals surface area contributed by atoms with Gasteiger partial charge in [-0.15, -0.1) is 0 Å². The van der Waals surface area contributed by atoms with Crippen LogP contribution < -0.4 is 14.2 Å². The van der Waals surface area contributed by atoms with E-state index >= 15 is 0 Å². The summed E-state index contributed by atoms with van der Waals surface area (Å²) in [5, 5.41) is 0. The third kappa shape index (κ3) is 4.71. The maximum absolute atomic E-state index is 10.6. The Hall–Kier alpha value is -1.80. The molecule has 0 bridgehead atoms. The third-order valence-electron chi connectivity index (χ3n) is 2.41. The fraction of sp³-hybridized carbons (Fsp3) is 0.417. The molecule has 1 rings (SSSR count). The Morgan fingerprint density at radius 1 is 1.15 bits per heavy atom. The number of aliphatic imine (C=N–C) groups is 1. The second-order valence-corrected chi connectivity index (χ2v) is 5.35. The SMILES string of the molecule is COc1cc(/C=N\CCS(=O)(=O)O)cc(OC)c1OC. The van der Waals surface area contributed by atoms with Crippen molar-refractivity contribution in [1.82, 2.24) is 0 Å². The van der Waals surface area contributed by atoms with Gasteiger partial charge in [-0.2, -0.15) is 8.42 Å². The Balaban J connectivity index is 2.93. The summed E-state index contributed by atoms with van der Waals surface area (Å²) < 4.78 is 45.2. The number of rotatable bonds is 7. The van der Waals surface area contributed by atoms with E-state index in [0.717, 1.165) is 0 Å². The smallest absolute Gasteiger partial charge is 0.266 e. The number of benzene rings is 1. The molecule has 0 atom stereocenters. The minimum Gasteiger partial charge on any atom is -0.493 e. The fourth-order valence-corrected chi connectivity index (χ4v) is 1.85. The summed E-state index contributed by atoms with van der Waals surface area (Å²) >= 11 is 0. The Bertz CT molecular complexity index is 557. The number of nitrogens with zero attached hydrogens (tertiary/aromatic N) is 1. The van der Waals surface area contributed by atoms with Crippen LogP contribution in [-0.2, 0) is 10.1 Å². The van der Waals surface area contributed by atoms with Crippen molar-refractivity contribution in [2.45, 2.75) is 0 Å². The predicted molar refractivity (Wildman–Crippen MR) is 75.0 cm³/mol. The zero-order valence-corrected chi connectivity index (χ0v) is 12.3. The van der Waals surface area contributed by atoms with Crippen molar-refractivity contribution >= 4 is 16.3 Å². The van der Waals surface area contributed by atoms with Gasteiger partial charge in [-0.25, -0.2) is 0 Å². The Morgan fingerprint density at radius 2 is 1.70 bits per heavy atom. The first-order valence-electron chi connectivity index (χ1n) is 5.66. The van der Waals surface area contributed by atoms with E-state index in [9.17, 15) is 8.42 Å². The maximum atomic E-state index is 10.6. The first-order chi connectivity index (χ1) is 9.41. The van der Waals surface area contributed by atoms with Crippen LogP contribution in [0.5, 0.6) is 17.2 Å². The number of hydrogen-bond acceptors (Lipinski definition) is 6. The van der Waals surface area contributed by atoms with Gasteiger partial charge < -0.3 is 14.2 Å². The number of methoxy groups -OCH3 is 3. The van der Waals surface area contributed by atoms with Crippen molar-refractivity contribution < 1.29 is 27.2 Å². The average Bonchev–Trinajstić information content (AvgIpc) is 2.41. The van der Waals surface area contributed by atoms with Crippen molar-refractivity contribution in [3.8, 4) is 17.2 Å². The second kappa shape index (κ2) is 7.11. The molecule has 1 aromatic rings. The van der Waals surface area contributed by atoms with Crippen LogP contribution in [0, 0.1) is 0 Å². The summed E-state index contributed by atoms with van der Waals surface area (Å²) in [5.41, 5.74) is 0.662. The van der Waals surface area contributed by atoms with Crippen LogP contribution in [-0.4, -0.2) is 52.8 Å². The molecule has 0 aliphatic carbocycles. The maximum Gasteiger partial charge on any atom is 0.266 e. The molecule has 0 amide bonds. The summed E-state index contributed by atoms with van der Waals surface area (Å²) in [5.74, 6) is 0.990. The lowest BCUT2D eigenvalue weighted by Crippen LogP contribution is -2.06. The molecule has 0 unspecified atom stereocenters. The highest BCUT2D eigenvalue weighted by atomic mass is 32.2. The lowest BCUT2D eigenvalue weighted by molar-refractivity contribution is 0.324. The van der Waals surface area contributed by atoms with Crippen molar-refractivity contribution in [2.75, 3.05) is 33.6 Å². The van der Waals surface area contributed by atoms with Crippen molar-refractivity contribution in [2.24, 2.45) is 4.99 Å². The van der Waals surface area contributed by atoms with Crippen molar-refractivity contribution in [3.63, 3.8) is 0 Å². The molecule has 7 nitrogen and oxygen atoms in total. The van der Waals surface area contributed by atoms with Crippen molar-refractivity contribution in [1.29, 1.82) is 0 Å². The van der Waals surface area contributed by atoms with E-state index in [1.165, 1.54) is 27.5 Å². The molecule has 0 heterocycles. The zero-order valence-electron chi connectivity index (χ0n) is 11.5. The largest absolute Gasteiger partial charge is 0.493 e. The molecule has 0 fully saturated rings. The summed E-state index contributed by atoms with van der Waals surface area (Å²) in [6, 6.07) is 3.36. The number of hydrogen-bond donors (Lipinski definition) is 1. The van der Waals surface area contributed by atoms with E-state index in [1.54, 1.807) is 12.1 Å². The molecule has 0 saturated carbocycles. The lowest BCUT2D eigenvalue weighted by atomic mass is 10.2. The molecule has 0 radical (unpaired) electrons. The van der Waals surface area contributed by atoms with Gasteiger partial charge in [-0.3, -0.25) is 9.55 Å². The fourth-order valence-electron chi connectivity index (χ4n) is 1.51. The molecule has 0 spiro atoms. The van der Waals surface area contributed by atoms with E-state index in [2.05, 4.69) is 4.99 Å². The van der Waals surface area contributed by atoms with Crippen LogP contribution in [0.1, 0.15) is 5.56 Å². The Labute approximate surface area is 117 Å². The summed E-state index contributed by atoms with van der Waals surface area (Å²) in [7, 11) is 0.495. The molecule has 8 heteroatoms. The van der Waals surface area contributed by atoms with E-state index in [0.29, 0.717) is 22.8 Å². The van der Waals surface area contributed by atoms with E-state index < -0.39 is 15.9 Å². The first kappa shape index (κ1) is 16.3. The normalized spacial score (nSPS) is 11.6. The van der Waals surface area contributed by atoms with Crippen LogP contribution in [0.2, 0.25) is 0 Å². The van der Waals surface area contributed by atoms with Crippen LogP contribution in [0.25, 0.3) is 0 Å². The lowest BCUT2D eigenvalue weighted by Gasteiger charge is -2.12. The van der Waals surface area contributed by atoms with Crippen LogP contribution in [0.3, 0.4) is 0 Å². The van der Waals surface area contributed by atoms with Gasteiger partial charge in [0, 0.05) is 6.21 Å². The van der Waals surface area contributed by atoms with E-state index in [1.807, 2.05) is 0 Å². The topological polar surface area (TPSA) is 94.4 Å². The molecule has 0 aliphatic heterocycles. The second-order valence-electron chi connectivity index (χ2n) is 3.78. The minimum atomic E-state index is -4.00. The predicted octanol–water partition coefficient (Wildman–Crippen LogP) is 1.02. The van der Waals surface area contributed by atoms with Gasteiger partial charge in [0.1, 0.15) is 0 Å². The van der Waals surface area contributed by atoms with Gasteiger partial charge in [-0.1, -0.05) is 0 Å². The molecular weight excluding hydrogens is 286 g/mol. The van der Waals surface area contributed by atoms with Crippen LogP contribution in [0.4, 0.5) is 0 Å². The molecular formula is C12H17NO6S. The monoisotopic (exact) mass is 303 g/mol. The molecule has 1 N–H and O–H groups in total. The molecule has 0 aliphatic rings. The highest BCUT2D eigenvalue weighted by Gasteiger charge is 2.12. The standard InChI is InChI=1S/C12H17NO6S/c1-17-10-6-9(7-11(18-2)12(10)19-3)8-13-4-5-20(14,15)16/h6-8H,4-5H2,1-3H3,(H,14,15,16)/b13-8-. The highest BCUT2D eigenvalue weighted by molar-refractivity contribution is 7.85. The summed E-state index contributed by atoms with van der Waals surface area (Å²) in [6.45, 7) is -0.0322. The summed E-state index contributed by atoms with van der Waals surface area (Å²) in [4.78, 5) is 3.92. The van der Waals surface area contributed by atoms with E-state index in [-0.39, 0.29) is 6.54 Å². The van der Waals surface area contributed by atoms with Gasteiger partial charge in [0.15, 0.2) is 11.5 Å². The molecule has 0 aromatic heterocycles. The molecule has 0 saturated heterocycles. The van der Waals surface area contributed by atoms with Crippen LogP contribution >= 0.6 is 0 Å². The van der Waals surface area contributed by atoms with Gasteiger partial charge >= 0.3 is 0 Å². The Morgan fingerprint density at radius 3 is 2.10 bits per heavy atom. The molecule has 1 aromatic carbocycles. The van der Waals surface area contributed by atoms with Gasteiger partial charge in [0.25, 0.3) is 10.1 Å². The van der Waals surface area contributed by atoms with Crippen LogP contribution in [0.15, 0.2) is 17.1 Å². The average molecular weight is 303 g/mol. The Kier molecular flexibility index (Phi) is 5.78. The quantitative estimate of drug-likeness (QED) is 0.597. The zero-order chi connectivity index (χ0) is 15.2. The minimum absolute atomic E-state index is 0.0322. The highest BCUT2D eigenvalue weighted by Crippen LogP contribution is 2.37. The van der Waals surface area contributed by atoms with E-state index in [4.69, 9.17) is 18.8 Å². The van der Waals surface area contributed by atoms with Gasteiger partial charge in [0.05, 0.1) is 33.6 Å². The molecule has 20 heavy (non-hydrogen) atoms. The van der Waals surface area contributed by atoms with Crippen molar-refractivity contribution in [3.05, 3.63) is 17.7 Å². The third-order valence-corrected chi connectivity index (χ3v) is 3.10. The van der Waals surface area contributed by atoms with Gasteiger partial charge in [0.2, 0.25) is 5.75 Å². The first-order valence-corrected chi connectivity index (χ1v) is 7.27. The van der Waals surface area contributed by atoms with Gasteiger partial charge in [-0.05, 0) is 17.7 Å².